The predicted octanol–water partition coefficient (Wildman–Crippen LogP) is 0.899. The second-order valence-electron chi connectivity index (χ2n) is 8.27. The Bertz CT molecular complexity index is 672. The van der Waals surface area contributed by atoms with E-state index in [0.717, 1.165) is 38.5 Å². The molecule has 166 valence electrons. The maximum absolute atomic E-state index is 13.1. The van der Waals surface area contributed by atoms with Crippen LogP contribution in [-0.2, 0) is 24.4 Å². The van der Waals surface area contributed by atoms with Crippen molar-refractivity contribution < 1.29 is 22.8 Å². The summed E-state index contributed by atoms with van der Waals surface area (Å²) in [7, 11) is -3.43. The summed E-state index contributed by atoms with van der Waals surface area (Å²) in [4.78, 5) is 19.0. The summed E-state index contributed by atoms with van der Waals surface area (Å²) in [6.45, 7) is 3.09. The number of hydrogen-bond donors (Lipinski definition) is 1. The van der Waals surface area contributed by atoms with E-state index in [-0.39, 0.29) is 24.1 Å². The molecular formula is C19H34N4O5S. The van der Waals surface area contributed by atoms with E-state index in [1.807, 2.05) is 4.90 Å². The second-order valence-corrected chi connectivity index (χ2v) is 10.2. The van der Waals surface area contributed by atoms with E-state index in [9.17, 15) is 13.2 Å². The number of sulfonamides is 1. The van der Waals surface area contributed by atoms with E-state index in [1.165, 1.54) is 10.7 Å². The van der Waals surface area contributed by atoms with Gasteiger partial charge in [0.2, 0.25) is 10.0 Å². The zero-order valence-electron chi connectivity index (χ0n) is 17.1. The molecule has 0 radical (unpaired) electrons. The van der Waals surface area contributed by atoms with Gasteiger partial charge in [0.25, 0.3) is 0 Å². The van der Waals surface area contributed by atoms with Crippen LogP contribution in [-0.4, -0.2) is 80.6 Å². The molecule has 0 spiro atoms. The molecule has 2 N–H and O–H groups in total. The van der Waals surface area contributed by atoms with Gasteiger partial charge in [-0.1, -0.05) is 30.8 Å². The molecule has 2 heterocycles. The third-order valence-electron chi connectivity index (χ3n) is 6.03. The van der Waals surface area contributed by atoms with Gasteiger partial charge in [0, 0.05) is 19.6 Å². The molecule has 1 atom stereocenters. The number of morpholine rings is 1. The monoisotopic (exact) mass is 430 g/mol. The first-order valence-electron chi connectivity index (χ1n) is 10.8. The van der Waals surface area contributed by atoms with Crippen LogP contribution >= 0.6 is 0 Å². The fourth-order valence-electron chi connectivity index (χ4n) is 4.42. The van der Waals surface area contributed by atoms with Crippen molar-refractivity contribution in [2.75, 3.05) is 45.1 Å². The van der Waals surface area contributed by atoms with Crippen LogP contribution in [0.4, 0.5) is 0 Å². The Morgan fingerprint density at radius 2 is 1.72 bits per heavy atom. The Kier molecular flexibility index (Phi) is 8.28. The largest absolute Gasteiger partial charge is 0.383 e. The number of carbonyl (C=O) groups excluding carboxylic acids is 1. The van der Waals surface area contributed by atoms with Crippen LogP contribution in [0.25, 0.3) is 0 Å². The van der Waals surface area contributed by atoms with E-state index in [1.54, 1.807) is 0 Å². The van der Waals surface area contributed by atoms with Gasteiger partial charge in [-0.15, -0.1) is 0 Å². The van der Waals surface area contributed by atoms with Gasteiger partial charge in [-0.25, -0.2) is 13.2 Å². The number of nitrogens with two attached hydrogens (primary N) is 1. The summed E-state index contributed by atoms with van der Waals surface area (Å²) >= 11 is 0. The minimum Gasteiger partial charge on any atom is -0.383 e. The topological polar surface area (TPSA) is 115 Å². The van der Waals surface area contributed by atoms with E-state index in [0.29, 0.717) is 39.3 Å². The van der Waals surface area contributed by atoms with Crippen molar-refractivity contribution in [3.8, 4) is 0 Å². The fraction of sp³-hybridized carbons (Fsp3) is 0.895. The first kappa shape index (κ1) is 22.5. The third-order valence-corrected chi connectivity index (χ3v) is 8.08. The SMILES string of the molecule is N/C(=N\OC(=O)CN1CCOCC1)[C@@H]1CCCCN1S(=O)(=O)CC1CCCCC1. The molecule has 2 saturated heterocycles. The highest BCUT2D eigenvalue weighted by molar-refractivity contribution is 7.89. The van der Waals surface area contributed by atoms with Gasteiger partial charge >= 0.3 is 5.97 Å². The van der Waals surface area contributed by atoms with Crippen LogP contribution in [0, 0.1) is 5.92 Å². The Morgan fingerprint density at radius 1 is 1.03 bits per heavy atom. The molecule has 0 aromatic heterocycles. The lowest BCUT2D eigenvalue weighted by atomic mass is 9.91. The molecule has 3 aliphatic rings. The van der Waals surface area contributed by atoms with Gasteiger partial charge in [-0.3, -0.25) is 4.90 Å². The van der Waals surface area contributed by atoms with Crippen molar-refractivity contribution in [1.29, 1.82) is 0 Å². The number of nitrogens with zero attached hydrogens (tertiary/aromatic N) is 3. The minimum atomic E-state index is -3.43. The van der Waals surface area contributed by atoms with Crippen molar-refractivity contribution in [3.05, 3.63) is 0 Å². The van der Waals surface area contributed by atoms with Gasteiger partial charge in [-0.2, -0.15) is 4.31 Å². The minimum absolute atomic E-state index is 0.0623. The van der Waals surface area contributed by atoms with Crippen molar-refractivity contribution in [2.45, 2.75) is 57.4 Å². The number of ether oxygens (including phenoxy) is 1. The van der Waals surface area contributed by atoms with E-state index >= 15 is 0 Å². The Balaban J connectivity index is 1.58. The van der Waals surface area contributed by atoms with E-state index in [2.05, 4.69) is 5.16 Å². The summed E-state index contributed by atoms with van der Waals surface area (Å²) in [5.41, 5.74) is 6.08. The molecule has 9 nitrogen and oxygen atoms in total. The maximum Gasteiger partial charge on any atom is 0.348 e. The van der Waals surface area contributed by atoms with Crippen molar-refractivity contribution in [2.24, 2.45) is 16.8 Å². The molecule has 2 aliphatic heterocycles. The first-order chi connectivity index (χ1) is 14.0. The van der Waals surface area contributed by atoms with Crippen LogP contribution in [0.1, 0.15) is 51.4 Å². The molecule has 0 aromatic carbocycles. The first-order valence-corrected chi connectivity index (χ1v) is 12.4. The quantitative estimate of drug-likeness (QED) is 0.276. The van der Waals surface area contributed by atoms with Gasteiger partial charge in [0.15, 0.2) is 5.84 Å². The summed E-state index contributed by atoms with van der Waals surface area (Å²) in [5.74, 6) is -0.0384. The number of rotatable bonds is 7. The van der Waals surface area contributed by atoms with Crippen molar-refractivity contribution in [1.82, 2.24) is 9.21 Å². The fourth-order valence-corrected chi connectivity index (χ4v) is 6.55. The summed E-state index contributed by atoms with van der Waals surface area (Å²) < 4.78 is 32.9. The van der Waals surface area contributed by atoms with Crippen LogP contribution in [0.3, 0.4) is 0 Å². The number of hydrogen-bond acceptors (Lipinski definition) is 7. The predicted molar refractivity (Wildman–Crippen MR) is 110 cm³/mol. The highest BCUT2D eigenvalue weighted by Gasteiger charge is 2.36. The third kappa shape index (κ3) is 6.63. The maximum atomic E-state index is 13.1. The number of piperidine rings is 1. The highest BCUT2D eigenvalue weighted by atomic mass is 32.2. The number of oxime groups is 1. The summed E-state index contributed by atoms with van der Waals surface area (Å²) in [6.07, 6.45) is 7.63. The zero-order chi connectivity index (χ0) is 20.7. The molecule has 0 unspecified atom stereocenters. The molecule has 0 bridgehead atoms. The van der Waals surface area contributed by atoms with Gasteiger partial charge in [0.05, 0.1) is 31.6 Å². The van der Waals surface area contributed by atoms with Crippen molar-refractivity contribution in [3.63, 3.8) is 0 Å². The lowest BCUT2D eigenvalue weighted by molar-refractivity contribution is -0.146. The molecule has 3 rings (SSSR count). The van der Waals surface area contributed by atoms with Crippen LogP contribution in [0.5, 0.6) is 0 Å². The molecule has 3 fully saturated rings. The van der Waals surface area contributed by atoms with Gasteiger partial charge in [-0.05, 0) is 31.6 Å². The Morgan fingerprint density at radius 3 is 2.45 bits per heavy atom. The normalized spacial score (nSPS) is 26.3. The van der Waals surface area contributed by atoms with Crippen LogP contribution in [0.2, 0.25) is 0 Å². The van der Waals surface area contributed by atoms with Gasteiger partial charge < -0.3 is 15.3 Å². The highest BCUT2D eigenvalue weighted by Crippen LogP contribution is 2.28. The molecule has 0 aromatic rings. The summed E-state index contributed by atoms with van der Waals surface area (Å²) in [6, 6.07) is -0.534. The number of carbonyl (C=O) groups is 1. The van der Waals surface area contributed by atoms with Crippen molar-refractivity contribution >= 4 is 21.8 Å². The lowest BCUT2D eigenvalue weighted by Gasteiger charge is -2.35. The van der Waals surface area contributed by atoms with E-state index < -0.39 is 22.0 Å². The summed E-state index contributed by atoms with van der Waals surface area (Å²) in [5, 5.41) is 3.80. The standard InChI is InChI=1S/C19H34N4O5S/c20-19(21-28-18(24)14-22-10-12-27-13-11-22)17-8-4-5-9-23(17)29(25,26)15-16-6-2-1-3-7-16/h16-17H,1-15H2,(H2,20,21)/t17-/m0/s1. The smallest absolute Gasteiger partial charge is 0.348 e. The molecule has 29 heavy (non-hydrogen) atoms. The molecule has 1 aliphatic carbocycles. The van der Waals surface area contributed by atoms with E-state index in [4.69, 9.17) is 15.3 Å². The molecule has 10 heteroatoms. The van der Waals surface area contributed by atoms with Crippen LogP contribution < -0.4 is 5.73 Å². The number of amidine groups is 1. The molecule has 0 amide bonds. The van der Waals surface area contributed by atoms with Crippen LogP contribution in [0.15, 0.2) is 5.16 Å². The second kappa shape index (κ2) is 10.7. The molecule has 1 saturated carbocycles. The lowest BCUT2D eigenvalue weighted by Crippen LogP contribution is -2.51. The average molecular weight is 431 g/mol. The Hall–Kier alpha value is -1.23. The Labute approximate surface area is 173 Å². The zero-order valence-corrected chi connectivity index (χ0v) is 17.9. The van der Waals surface area contributed by atoms with Gasteiger partial charge in [0.1, 0.15) is 0 Å². The molecular weight excluding hydrogens is 396 g/mol. The average Bonchev–Trinajstić information content (AvgIpc) is 2.73.